The van der Waals surface area contributed by atoms with Gasteiger partial charge in [-0.15, -0.1) is 23.5 Å². The number of phenols is 1. The van der Waals surface area contributed by atoms with Crippen LogP contribution < -0.4 is 4.74 Å². The zero-order chi connectivity index (χ0) is 36.5. The van der Waals surface area contributed by atoms with E-state index in [1.165, 1.54) is 0 Å². The number of amides is 1. The van der Waals surface area contributed by atoms with E-state index in [0.717, 1.165) is 37.8 Å². The van der Waals surface area contributed by atoms with Gasteiger partial charge in [0.1, 0.15) is 17.9 Å². The van der Waals surface area contributed by atoms with Crippen molar-refractivity contribution in [1.29, 1.82) is 0 Å². The number of aliphatic hydroxyl groups excluding tert-OH is 1. The molecular formula is C39H59NO6S2. The van der Waals surface area contributed by atoms with Crippen molar-refractivity contribution in [3.05, 3.63) is 46.5 Å². The Bertz CT molecular complexity index is 1430. The van der Waals surface area contributed by atoms with E-state index >= 15 is 0 Å². The smallest absolute Gasteiger partial charge is 0.312 e. The highest BCUT2D eigenvalue weighted by atomic mass is 32.2. The number of aliphatic carboxylic acids is 1. The summed E-state index contributed by atoms with van der Waals surface area (Å²) in [6, 6.07) is 8.63. The molecule has 1 saturated heterocycles. The van der Waals surface area contributed by atoms with E-state index in [9.17, 15) is 24.9 Å². The summed E-state index contributed by atoms with van der Waals surface area (Å²) in [5.74, 6) is -0.258. The van der Waals surface area contributed by atoms with Crippen LogP contribution in [0.15, 0.2) is 34.1 Å². The minimum absolute atomic E-state index is 0.0563. The van der Waals surface area contributed by atoms with E-state index in [4.69, 9.17) is 4.74 Å². The molecule has 1 amide bonds. The van der Waals surface area contributed by atoms with Crippen molar-refractivity contribution in [2.45, 2.75) is 144 Å². The Balaban J connectivity index is 2.24. The van der Waals surface area contributed by atoms with Gasteiger partial charge < -0.3 is 25.0 Å². The van der Waals surface area contributed by atoms with Crippen LogP contribution >= 0.6 is 23.5 Å². The van der Waals surface area contributed by atoms with Crippen molar-refractivity contribution in [3.63, 3.8) is 0 Å². The van der Waals surface area contributed by atoms with Gasteiger partial charge in [-0.3, -0.25) is 9.59 Å². The highest BCUT2D eigenvalue weighted by Crippen LogP contribution is 2.56. The molecule has 3 N–H and O–H groups in total. The third kappa shape index (κ3) is 9.87. The Kier molecular flexibility index (Phi) is 12.4. The average Bonchev–Trinajstić information content (AvgIpc) is 2.91. The molecule has 0 saturated carbocycles. The van der Waals surface area contributed by atoms with E-state index in [1.807, 2.05) is 11.8 Å². The number of phenolic OH excluding ortho intramolecular Hbond substituents is 1. The molecule has 1 heterocycles. The lowest BCUT2D eigenvalue weighted by atomic mass is 9.79. The Hall–Kier alpha value is -2.36. The maximum Gasteiger partial charge on any atom is 0.312 e. The van der Waals surface area contributed by atoms with Crippen molar-refractivity contribution < 1.29 is 29.6 Å². The molecule has 0 spiro atoms. The number of likely N-dealkylation sites (tertiary alicyclic amines) is 1. The van der Waals surface area contributed by atoms with Crippen molar-refractivity contribution in [1.82, 2.24) is 4.90 Å². The van der Waals surface area contributed by atoms with Gasteiger partial charge in [-0.1, -0.05) is 89.2 Å². The number of carbonyl (C=O) groups excluding carboxylic acids is 1. The van der Waals surface area contributed by atoms with Crippen LogP contribution in [0.2, 0.25) is 0 Å². The number of hydrogen-bond acceptors (Lipinski definition) is 7. The molecule has 1 fully saturated rings. The fraction of sp³-hybridized carbons (Fsp3) is 0.641. The molecule has 48 heavy (non-hydrogen) atoms. The van der Waals surface area contributed by atoms with E-state index in [-0.39, 0.29) is 34.2 Å². The van der Waals surface area contributed by atoms with Crippen molar-refractivity contribution >= 4 is 35.4 Å². The van der Waals surface area contributed by atoms with E-state index < -0.39 is 16.5 Å². The third-order valence-corrected chi connectivity index (χ3v) is 11.8. The molecule has 2 aromatic rings. The minimum atomic E-state index is -1.11. The molecule has 7 nitrogen and oxygen atoms in total. The summed E-state index contributed by atoms with van der Waals surface area (Å²) in [6.07, 6.45) is 1.33. The van der Waals surface area contributed by atoms with Crippen LogP contribution in [0, 0.1) is 0 Å². The molecular weight excluding hydrogens is 643 g/mol. The molecule has 0 atom stereocenters. The van der Waals surface area contributed by atoms with Gasteiger partial charge in [0.2, 0.25) is 5.91 Å². The first-order chi connectivity index (χ1) is 21.9. The quantitative estimate of drug-likeness (QED) is 0.128. The highest BCUT2D eigenvalue weighted by Gasteiger charge is 2.41. The maximum absolute atomic E-state index is 12.8. The van der Waals surface area contributed by atoms with Gasteiger partial charge in [-0.25, -0.2) is 0 Å². The number of piperidine rings is 1. The maximum atomic E-state index is 12.8. The van der Waals surface area contributed by atoms with E-state index in [2.05, 4.69) is 107 Å². The average molecular weight is 702 g/mol. The largest absolute Gasteiger partial charge is 0.507 e. The number of thioether (sulfide) groups is 2. The second-order valence-electron chi connectivity index (χ2n) is 17.2. The molecule has 9 heteroatoms. The van der Waals surface area contributed by atoms with Crippen LogP contribution in [0.5, 0.6) is 11.5 Å². The number of aromatic hydroxyl groups is 1. The summed E-state index contributed by atoms with van der Waals surface area (Å²) in [7, 11) is 0. The summed E-state index contributed by atoms with van der Waals surface area (Å²) in [4.78, 5) is 28.1. The second kappa shape index (κ2) is 14.9. The van der Waals surface area contributed by atoms with Gasteiger partial charge in [0.15, 0.2) is 0 Å². The van der Waals surface area contributed by atoms with Crippen molar-refractivity contribution in [3.8, 4) is 11.5 Å². The SMILES string of the molecule is CC(C)(C)c1cc(SC2(Sc3ccc(C(C)(C)C)c(OCCCO)c3C(C)(C)C)CCN(C(=O)CC(=O)O)CC2)cc(C(C)(C)C)c1O. The Morgan fingerprint density at radius 1 is 0.812 bits per heavy atom. The first-order valence-electron chi connectivity index (χ1n) is 17.1. The van der Waals surface area contributed by atoms with Crippen LogP contribution in [0.4, 0.5) is 0 Å². The van der Waals surface area contributed by atoms with Crippen LogP contribution in [0.25, 0.3) is 0 Å². The standard InChI is InChI=1S/C39H59NO6S2/c1-35(2,3)26-14-15-29(32(38(10,11)12)34(26)46-21-13-20-41)48-39(16-18-40(19-17-39)30(42)24-31(43)44)47-25-22-27(36(4,5)6)33(45)28(23-25)37(7,8)9/h14-15,22-23,41,45H,13,16-21,24H2,1-12H3,(H,43,44). The fourth-order valence-electron chi connectivity index (χ4n) is 6.13. The number of rotatable bonds is 10. The Morgan fingerprint density at radius 2 is 1.33 bits per heavy atom. The molecule has 0 bridgehead atoms. The molecule has 0 unspecified atom stereocenters. The zero-order valence-corrected chi connectivity index (χ0v) is 32.9. The highest BCUT2D eigenvalue weighted by molar-refractivity contribution is 8.18. The predicted molar refractivity (Wildman–Crippen MR) is 199 cm³/mol. The van der Waals surface area contributed by atoms with Crippen molar-refractivity contribution in [2.24, 2.45) is 0 Å². The van der Waals surface area contributed by atoms with Crippen LogP contribution in [-0.2, 0) is 31.2 Å². The molecule has 268 valence electrons. The molecule has 0 radical (unpaired) electrons. The summed E-state index contributed by atoms with van der Waals surface area (Å²) < 4.78 is 6.14. The minimum Gasteiger partial charge on any atom is -0.507 e. The number of ether oxygens (including phenoxy) is 1. The first-order valence-corrected chi connectivity index (χ1v) is 18.7. The number of carboxylic acids is 1. The summed E-state index contributed by atoms with van der Waals surface area (Å²) in [6.45, 7) is 27.2. The number of carboxylic acid groups (broad SMARTS) is 1. The Labute approximate surface area is 297 Å². The molecule has 1 aliphatic rings. The lowest BCUT2D eigenvalue weighted by molar-refractivity contribution is -0.144. The topological polar surface area (TPSA) is 107 Å². The van der Waals surface area contributed by atoms with Crippen LogP contribution in [0.3, 0.4) is 0 Å². The first kappa shape index (κ1) is 40.1. The van der Waals surface area contributed by atoms with Gasteiger partial charge in [-0.2, -0.15) is 0 Å². The monoisotopic (exact) mass is 701 g/mol. The van der Waals surface area contributed by atoms with Gasteiger partial charge >= 0.3 is 5.97 Å². The number of nitrogens with zero attached hydrogens (tertiary/aromatic N) is 1. The lowest BCUT2D eigenvalue weighted by Gasteiger charge is -2.42. The van der Waals surface area contributed by atoms with Gasteiger partial charge in [0.25, 0.3) is 0 Å². The number of benzene rings is 2. The lowest BCUT2D eigenvalue weighted by Crippen LogP contribution is -2.44. The molecule has 3 rings (SSSR count). The van der Waals surface area contributed by atoms with Gasteiger partial charge in [0, 0.05) is 52.6 Å². The van der Waals surface area contributed by atoms with Crippen LogP contribution in [-0.4, -0.2) is 62.5 Å². The van der Waals surface area contributed by atoms with Crippen molar-refractivity contribution in [2.75, 3.05) is 26.3 Å². The second-order valence-corrected chi connectivity index (χ2v) is 20.3. The Morgan fingerprint density at radius 3 is 1.77 bits per heavy atom. The van der Waals surface area contributed by atoms with Gasteiger partial charge in [-0.05, 0) is 58.3 Å². The predicted octanol–water partition coefficient (Wildman–Crippen LogP) is 9.02. The summed E-state index contributed by atoms with van der Waals surface area (Å²) in [5, 5.41) is 30.3. The number of hydrogen-bond donors (Lipinski definition) is 3. The number of carbonyl (C=O) groups is 2. The van der Waals surface area contributed by atoms with E-state index in [0.29, 0.717) is 44.7 Å². The molecule has 0 aliphatic carbocycles. The normalized spacial score (nSPS) is 15.8. The summed E-state index contributed by atoms with van der Waals surface area (Å²) in [5.41, 5.74) is 3.05. The third-order valence-electron chi connectivity index (χ3n) is 8.71. The van der Waals surface area contributed by atoms with E-state index in [1.54, 1.807) is 16.7 Å². The summed E-state index contributed by atoms with van der Waals surface area (Å²) >= 11 is 3.59. The zero-order valence-electron chi connectivity index (χ0n) is 31.3. The van der Waals surface area contributed by atoms with Crippen LogP contribution in [0.1, 0.15) is 131 Å². The van der Waals surface area contributed by atoms with Gasteiger partial charge in [0.05, 0.1) is 10.7 Å². The fourth-order valence-corrected chi connectivity index (χ4v) is 9.45. The molecule has 0 aromatic heterocycles. The molecule has 2 aromatic carbocycles. The number of aliphatic hydroxyl groups is 1. The molecule has 1 aliphatic heterocycles.